The van der Waals surface area contributed by atoms with Crippen LogP contribution in [0.2, 0.25) is 0 Å². The van der Waals surface area contributed by atoms with Crippen molar-refractivity contribution in [3.8, 4) is 0 Å². The minimum absolute atomic E-state index is 0.104. The molecule has 0 aliphatic carbocycles. The summed E-state index contributed by atoms with van der Waals surface area (Å²) in [5, 5.41) is 79.6. The van der Waals surface area contributed by atoms with Crippen LogP contribution in [0.25, 0.3) is 0 Å². The molecule has 0 aromatic rings. The molecule has 14 N–H and O–H groups in total. The molecule has 3 fully saturated rings. The molecule has 0 aromatic heterocycles. The maximum Gasteiger partial charge on any atom is 0.172 e. The lowest BCUT2D eigenvalue weighted by molar-refractivity contribution is -0.243. The predicted octanol–water partition coefficient (Wildman–Crippen LogP) is -7.09. The first-order valence-corrected chi connectivity index (χ1v) is 12.7. The van der Waals surface area contributed by atoms with Gasteiger partial charge in [0.1, 0.15) is 18.3 Å². The SMILES string of the molecule is NC1[C@H](COC[C@@H]2C(CO)O[C@@H](COC[C@@H]3C(CO)O[C@@H](O)C(N)[C@@H]3O)C(N)[C@@H]2O)OC(CO)[C@@H](O)[C@H]1O. The summed E-state index contributed by atoms with van der Waals surface area (Å²) < 4.78 is 27.9. The summed E-state index contributed by atoms with van der Waals surface area (Å²) in [6.07, 6.45) is -10.9. The molecule has 6 unspecified atom stereocenters. The van der Waals surface area contributed by atoms with Crippen molar-refractivity contribution < 1.29 is 64.5 Å². The molecule has 16 nitrogen and oxygen atoms in total. The molecule has 0 spiro atoms. The number of ether oxygens (including phenoxy) is 5. The fourth-order valence-electron chi connectivity index (χ4n) is 5.11. The van der Waals surface area contributed by atoms with Crippen molar-refractivity contribution in [3.63, 3.8) is 0 Å². The van der Waals surface area contributed by atoms with E-state index in [0.29, 0.717) is 0 Å². The van der Waals surface area contributed by atoms with Crippen LogP contribution in [0.4, 0.5) is 0 Å². The Morgan fingerprint density at radius 1 is 0.474 bits per heavy atom. The van der Waals surface area contributed by atoms with Crippen LogP contribution in [0.5, 0.6) is 0 Å². The average molecular weight is 558 g/mol. The standard InChI is InChI=1S/C22H43N3O13/c23-15-13(6-35-5-9-11(2-27)38-22(33)17(25)19(9)30)36-10(1-26)8(18(15)29)4-34-7-14-16(24)21(32)20(31)12(3-28)37-14/h8-22,26-33H,1-7,23-25H2/t8-,9-,10?,11?,12?,13+,14+,15?,16?,17?,18-,19-,20-,21+,22-/m1/s1. The van der Waals surface area contributed by atoms with E-state index < -0.39 is 111 Å². The van der Waals surface area contributed by atoms with Crippen LogP contribution in [0, 0.1) is 11.8 Å². The van der Waals surface area contributed by atoms with Gasteiger partial charge in [-0.3, -0.25) is 0 Å². The molecule has 3 aliphatic rings. The molecule has 3 aliphatic heterocycles. The topological polar surface area (TPSA) is 286 Å². The molecule has 16 heteroatoms. The van der Waals surface area contributed by atoms with Crippen molar-refractivity contribution in [2.45, 2.75) is 79.4 Å². The summed E-state index contributed by atoms with van der Waals surface area (Å²) in [5.74, 6) is -1.47. The van der Waals surface area contributed by atoms with Crippen molar-refractivity contribution in [1.29, 1.82) is 0 Å². The van der Waals surface area contributed by atoms with Gasteiger partial charge in [-0.05, 0) is 0 Å². The van der Waals surface area contributed by atoms with Crippen molar-refractivity contribution in [2.75, 3.05) is 46.2 Å². The Hall–Kier alpha value is -0.640. The van der Waals surface area contributed by atoms with Gasteiger partial charge in [-0.15, -0.1) is 0 Å². The van der Waals surface area contributed by atoms with Crippen LogP contribution < -0.4 is 17.2 Å². The van der Waals surface area contributed by atoms with E-state index >= 15 is 0 Å². The molecule has 38 heavy (non-hydrogen) atoms. The van der Waals surface area contributed by atoms with Gasteiger partial charge in [0.25, 0.3) is 0 Å². The first-order chi connectivity index (χ1) is 18.0. The highest BCUT2D eigenvalue weighted by Crippen LogP contribution is 2.28. The van der Waals surface area contributed by atoms with E-state index in [1.54, 1.807) is 0 Å². The number of hydrogen-bond donors (Lipinski definition) is 11. The molecular formula is C22H43N3O13. The van der Waals surface area contributed by atoms with Gasteiger partial charge in [-0.25, -0.2) is 0 Å². The Kier molecular flexibility index (Phi) is 12.0. The van der Waals surface area contributed by atoms with E-state index in [9.17, 15) is 40.9 Å². The van der Waals surface area contributed by atoms with Gasteiger partial charge >= 0.3 is 0 Å². The van der Waals surface area contributed by atoms with Gasteiger partial charge in [-0.2, -0.15) is 0 Å². The second kappa shape index (κ2) is 14.3. The summed E-state index contributed by atoms with van der Waals surface area (Å²) >= 11 is 0. The monoisotopic (exact) mass is 557 g/mol. The summed E-state index contributed by atoms with van der Waals surface area (Å²) in [7, 11) is 0. The summed E-state index contributed by atoms with van der Waals surface area (Å²) in [4.78, 5) is 0. The van der Waals surface area contributed by atoms with E-state index in [4.69, 9.17) is 40.9 Å². The van der Waals surface area contributed by atoms with Gasteiger partial charge in [0, 0.05) is 11.8 Å². The fraction of sp³-hybridized carbons (Fsp3) is 1.00. The van der Waals surface area contributed by atoms with Crippen LogP contribution in [-0.2, 0) is 23.7 Å². The van der Waals surface area contributed by atoms with Gasteiger partial charge in [0.15, 0.2) is 6.29 Å². The Morgan fingerprint density at radius 2 is 0.895 bits per heavy atom. The van der Waals surface area contributed by atoms with Gasteiger partial charge in [0.05, 0.1) is 101 Å². The highest BCUT2D eigenvalue weighted by atomic mass is 16.6. The molecule has 0 bridgehead atoms. The highest BCUT2D eigenvalue weighted by molar-refractivity contribution is 4.97. The van der Waals surface area contributed by atoms with Crippen molar-refractivity contribution in [2.24, 2.45) is 29.0 Å². The number of aliphatic hydroxyl groups excluding tert-OH is 8. The second-order valence-electron chi connectivity index (χ2n) is 10.1. The average Bonchev–Trinajstić information content (AvgIpc) is 2.91. The zero-order valence-corrected chi connectivity index (χ0v) is 21.0. The van der Waals surface area contributed by atoms with E-state index in [1.165, 1.54) is 0 Å². The van der Waals surface area contributed by atoms with Crippen molar-refractivity contribution >= 4 is 0 Å². The highest BCUT2D eigenvalue weighted by Gasteiger charge is 2.46. The zero-order chi connectivity index (χ0) is 28.1. The maximum atomic E-state index is 10.8. The third-order valence-electron chi connectivity index (χ3n) is 7.67. The van der Waals surface area contributed by atoms with Crippen molar-refractivity contribution in [1.82, 2.24) is 0 Å². The van der Waals surface area contributed by atoms with E-state index in [2.05, 4.69) is 0 Å². The first-order valence-electron chi connectivity index (χ1n) is 12.7. The molecule has 0 saturated carbocycles. The minimum Gasteiger partial charge on any atom is -0.394 e. The second-order valence-corrected chi connectivity index (χ2v) is 10.1. The lowest BCUT2D eigenvalue weighted by Gasteiger charge is -2.44. The zero-order valence-electron chi connectivity index (χ0n) is 21.0. The molecule has 3 saturated heterocycles. The van der Waals surface area contributed by atoms with Gasteiger partial charge in [-0.1, -0.05) is 0 Å². The number of aliphatic hydroxyl groups is 8. The van der Waals surface area contributed by atoms with Crippen LogP contribution in [0.3, 0.4) is 0 Å². The van der Waals surface area contributed by atoms with Gasteiger partial charge < -0.3 is 81.7 Å². The molecule has 15 atom stereocenters. The Bertz CT molecular complexity index is 707. The Balaban J connectivity index is 1.50. The number of nitrogens with two attached hydrogens (primary N) is 3. The maximum absolute atomic E-state index is 10.8. The molecule has 0 amide bonds. The smallest absolute Gasteiger partial charge is 0.172 e. The normalized spacial score (nSPS) is 48.2. The fourth-order valence-corrected chi connectivity index (χ4v) is 5.11. The summed E-state index contributed by atoms with van der Waals surface area (Å²) in [6, 6.07) is -2.99. The first kappa shape index (κ1) is 31.9. The quantitative estimate of drug-likeness (QED) is 0.112. The third-order valence-corrected chi connectivity index (χ3v) is 7.67. The summed E-state index contributed by atoms with van der Waals surface area (Å²) in [5.41, 5.74) is 17.8. The molecule has 3 rings (SSSR count). The third kappa shape index (κ3) is 6.98. The molecule has 0 radical (unpaired) electrons. The minimum atomic E-state index is -1.43. The molecular weight excluding hydrogens is 514 g/mol. The lowest BCUT2D eigenvalue weighted by Crippen LogP contribution is -2.63. The predicted molar refractivity (Wildman–Crippen MR) is 126 cm³/mol. The molecule has 224 valence electrons. The van der Waals surface area contributed by atoms with Crippen molar-refractivity contribution in [3.05, 3.63) is 0 Å². The van der Waals surface area contributed by atoms with E-state index in [0.717, 1.165) is 0 Å². The van der Waals surface area contributed by atoms with Crippen LogP contribution in [0.1, 0.15) is 0 Å². The van der Waals surface area contributed by atoms with Crippen LogP contribution in [0.15, 0.2) is 0 Å². The molecule has 0 aromatic carbocycles. The Morgan fingerprint density at radius 3 is 1.39 bits per heavy atom. The van der Waals surface area contributed by atoms with Gasteiger partial charge in [0.2, 0.25) is 0 Å². The van der Waals surface area contributed by atoms with E-state index in [1.807, 2.05) is 0 Å². The number of hydrogen-bond acceptors (Lipinski definition) is 16. The molecule has 3 heterocycles. The van der Waals surface area contributed by atoms with Crippen LogP contribution in [-0.4, -0.2) is 166 Å². The summed E-state index contributed by atoms with van der Waals surface area (Å²) in [6.45, 7) is -1.91. The lowest BCUT2D eigenvalue weighted by atomic mass is 9.86. The van der Waals surface area contributed by atoms with Crippen LogP contribution >= 0.6 is 0 Å². The number of rotatable bonds is 11. The van der Waals surface area contributed by atoms with E-state index in [-0.39, 0.29) is 26.4 Å². The largest absolute Gasteiger partial charge is 0.394 e. The Labute approximate surface area is 219 Å².